The van der Waals surface area contributed by atoms with Crippen molar-refractivity contribution in [1.29, 1.82) is 0 Å². The third-order valence-corrected chi connectivity index (χ3v) is 3.92. The molecule has 25 heavy (non-hydrogen) atoms. The molecule has 0 N–H and O–H groups in total. The Hall–Kier alpha value is -2.35. The zero-order valence-corrected chi connectivity index (χ0v) is 14.7. The van der Waals surface area contributed by atoms with Gasteiger partial charge in [-0.15, -0.1) is 0 Å². The lowest BCUT2D eigenvalue weighted by molar-refractivity contribution is 0.0400. The van der Waals surface area contributed by atoms with E-state index in [-0.39, 0.29) is 18.6 Å². The van der Waals surface area contributed by atoms with Gasteiger partial charge in [-0.2, -0.15) is 4.98 Å². The van der Waals surface area contributed by atoms with E-state index in [0.29, 0.717) is 24.0 Å². The Morgan fingerprint density at radius 2 is 2.12 bits per heavy atom. The molecule has 1 unspecified atom stereocenters. The molecule has 8 heteroatoms. The van der Waals surface area contributed by atoms with Crippen molar-refractivity contribution in [2.75, 3.05) is 6.61 Å². The molecule has 0 radical (unpaired) electrons. The molecule has 0 amide bonds. The summed E-state index contributed by atoms with van der Waals surface area (Å²) in [6, 6.07) is 0. The smallest absolute Gasteiger partial charge is 0.357 e. The van der Waals surface area contributed by atoms with Crippen LogP contribution in [0.15, 0.2) is 10.9 Å². The van der Waals surface area contributed by atoms with Crippen molar-refractivity contribution in [2.45, 2.75) is 52.7 Å². The van der Waals surface area contributed by atoms with Gasteiger partial charge in [0.15, 0.2) is 18.1 Å². The molecule has 0 spiro atoms. The van der Waals surface area contributed by atoms with E-state index in [9.17, 15) is 4.79 Å². The van der Waals surface area contributed by atoms with Crippen LogP contribution in [0.5, 0.6) is 0 Å². The number of esters is 1. The Balaban J connectivity index is 1.57. The van der Waals surface area contributed by atoms with Crippen LogP contribution in [-0.2, 0) is 28.9 Å². The number of carbonyl (C=O) groups is 1. The summed E-state index contributed by atoms with van der Waals surface area (Å²) in [5.41, 5.74) is 2.14. The third kappa shape index (κ3) is 4.19. The van der Waals surface area contributed by atoms with Gasteiger partial charge in [0.25, 0.3) is 5.89 Å². The molecular formula is C17H22N4O4. The van der Waals surface area contributed by atoms with Gasteiger partial charge in [0.2, 0.25) is 0 Å². The maximum Gasteiger partial charge on any atom is 0.357 e. The van der Waals surface area contributed by atoms with Gasteiger partial charge in [-0.05, 0) is 32.1 Å². The second kappa shape index (κ2) is 7.69. The second-order valence-electron chi connectivity index (χ2n) is 6.49. The molecule has 3 rings (SSSR count). The maximum atomic E-state index is 12.3. The number of carbonyl (C=O) groups excluding carboxylic acids is 1. The van der Waals surface area contributed by atoms with Crippen molar-refractivity contribution in [3.05, 3.63) is 35.0 Å². The highest BCUT2D eigenvalue weighted by Crippen LogP contribution is 2.22. The van der Waals surface area contributed by atoms with Gasteiger partial charge in [0, 0.05) is 17.9 Å². The van der Waals surface area contributed by atoms with Gasteiger partial charge in [-0.1, -0.05) is 19.0 Å². The van der Waals surface area contributed by atoms with Crippen molar-refractivity contribution in [2.24, 2.45) is 5.92 Å². The number of hydrogen-bond acceptors (Lipinski definition) is 8. The number of ether oxygens (including phenoxy) is 2. The molecular weight excluding hydrogens is 324 g/mol. The average Bonchev–Trinajstić information content (AvgIpc) is 3.26. The summed E-state index contributed by atoms with van der Waals surface area (Å²) in [7, 11) is 0. The standard InChI is InChI=1S/C17H22N4O4/c1-10(2)7-23-11(3)16-20-14(25-21-16)8-24-17(22)15-12-5-4-6-13(12)18-9-19-15/h9-11H,4-8H2,1-3H3. The van der Waals surface area contributed by atoms with E-state index in [1.807, 2.05) is 6.92 Å². The highest BCUT2D eigenvalue weighted by atomic mass is 16.6. The first-order valence-electron chi connectivity index (χ1n) is 8.48. The molecule has 0 saturated heterocycles. The lowest BCUT2D eigenvalue weighted by Crippen LogP contribution is -2.12. The number of aryl methyl sites for hydroxylation is 1. The van der Waals surface area contributed by atoms with E-state index in [4.69, 9.17) is 14.0 Å². The van der Waals surface area contributed by atoms with Gasteiger partial charge in [-0.3, -0.25) is 0 Å². The van der Waals surface area contributed by atoms with Gasteiger partial charge in [-0.25, -0.2) is 14.8 Å². The molecule has 134 valence electrons. The highest BCUT2D eigenvalue weighted by Gasteiger charge is 2.23. The van der Waals surface area contributed by atoms with E-state index < -0.39 is 5.97 Å². The highest BCUT2D eigenvalue weighted by molar-refractivity contribution is 5.89. The first kappa shape index (κ1) is 17.5. The number of fused-ring (bicyclic) bond motifs is 1. The Labute approximate surface area is 146 Å². The van der Waals surface area contributed by atoms with E-state index in [2.05, 4.69) is 34.0 Å². The van der Waals surface area contributed by atoms with E-state index >= 15 is 0 Å². The minimum atomic E-state index is -0.496. The summed E-state index contributed by atoms with van der Waals surface area (Å²) in [5.74, 6) is 0.595. The molecule has 0 bridgehead atoms. The average molecular weight is 346 g/mol. The van der Waals surface area contributed by atoms with Gasteiger partial charge in [0.05, 0.1) is 0 Å². The van der Waals surface area contributed by atoms with Crippen LogP contribution >= 0.6 is 0 Å². The quantitative estimate of drug-likeness (QED) is 0.705. The molecule has 0 saturated carbocycles. The monoisotopic (exact) mass is 346 g/mol. The summed E-state index contributed by atoms with van der Waals surface area (Å²) in [4.78, 5) is 24.7. The fraction of sp³-hybridized carbons (Fsp3) is 0.588. The molecule has 8 nitrogen and oxygen atoms in total. The summed E-state index contributed by atoms with van der Waals surface area (Å²) in [6.45, 7) is 6.50. The Bertz CT molecular complexity index is 744. The SMILES string of the molecule is CC(C)COC(C)c1noc(COC(=O)c2ncnc3c2CCC3)n1. The molecule has 2 aromatic rings. The van der Waals surface area contributed by atoms with Crippen LogP contribution in [0.2, 0.25) is 0 Å². The Kier molecular flexibility index (Phi) is 5.37. The number of rotatable bonds is 7. The largest absolute Gasteiger partial charge is 0.451 e. The minimum Gasteiger partial charge on any atom is -0.451 e. The predicted molar refractivity (Wildman–Crippen MR) is 86.7 cm³/mol. The first-order valence-corrected chi connectivity index (χ1v) is 8.48. The van der Waals surface area contributed by atoms with Crippen molar-refractivity contribution < 1.29 is 18.8 Å². The first-order chi connectivity index (χ1) is 12.0. The number of aromatic nitrogens is 4. The fourth-order valence-electron chi connectivity index (χ4n) is 2.63. The van der Waals surface area contributed by atoms with Crippen LogP contribution < -0.4 is 0 Å². The third-order valence-electron chi connectivity index (χ3n) is 3.92. The predicted octanol–water partition coefficient (Wildman–Crippen LogP) is 2.44. The molecule has 0 fully saturated rings. The van der Waals surface area contributed by atoms with Crippen molar-refractivity contribution >= 4 is 5.97 Å². The van der Waals surface area contributed by atoms with Gasteiger partial charge >= 0.3 is 5.97 Å². The van der Waals surface area contributed by atoms with Gasteiger partial charge in [0.1, 0.15) is 12.4 Å². The topological polar surface area (TPSA) is 100 Å². The lowest BCUT2D eigenvalue weighted by atomic mass is 10.2. The zero-order chi connectivity index (χ0) is 17.8. The van der Waals surface area contributed by atoms with Crippen LogP contribution in [0.1, 0.15) is 66.8 Å². The lowest BCUT2D eigenvalue weighted by Gasteiger charge is -2.10. The van der Waals surface area contributed by atoms with Crippen LogP contribution in [0.4, 0.5) is 0 Å². The summed E-state index contributed by atoms with van der Waals surface area (Å²) < 4.78 is 16.0. The molecule has 2 heterocycles. The molecule has 1 atom stereocenters. The maximum absolute atomic E-state index is 12.3. The number of nitrogens with zero attached hydrogens (tertiary/aromatic N) is 4. The molecule has 1 aliphatic rings. The second-order valence-corrected chi connectivity index (χ2v) is 6.49. The Morgan fingerprint density at radius 3 is 2.92 bits per heavy atom. The van der Waals surface area contributed by atoms with Gasteiger partial charge < -0.3 is 14.0 Å². The Morgan fingerprint density at radius 1 is 1.28 bits per heavy atom. The summed E-state index contributed by atoms with van der Waals surface area (Å²) in [5, 5.41) is 3.87. The molecule has 2 aromatic heterocycles. The summed E-state index contributed by atoms with van der Waals surface area (Å²) in [6.07, 6.45) is 3.78. The van der Waals surface area contributed by atoms with Crippen molar-refractivity contribution in [1.82, 2.24) is 20.1 Å². The normalized spacial score (nSPS) is 14.6. The van der Waals surface area contributed by atoms with E-state index in [1.165, 1.54) is 6.33 Å². The van der Waals surface area contributed by atoms with Crippen molar-refractivity contribution in [3.63, 3.8) is 0 Å². The van der Waals surface area contributed by atoms with Crippen LogP contribution in [0.25, 0.3) is 0 Å². The van der Waals surface area contributed by atoms with Crippen LogP contribution in [0.3, 0.4) is 0 Å². The summed E-state index contributed by atoms with van der Waals surface area (Å²) >= 11 is 0. The molecule has 0 aromatic carbocycles. The zero-order valence-electron chi connectivity index (χ0n) is 14.7. The minimum absolute atomic E-state index is 0.0957. The molecule has 1 aliphatic carbocycles. The van der Waals surface area contributed by atoms with Crippen LogP contribution in [0, 0.1) is 5.92 Å². The van der Waals surface area contributed by atoms with E-state index in [0.717, 1.165) is 30.5 Å². The fourth-order valence-corrected chi connectivity index (χ4v) is 2.63. The van der Waals surface area contributed by atoms with E-state index in [1.54, 1.807) is 0 Å². The molecule has 0 aliphatic heterocycles. The van der Waals surface area contributed by atoms with Crippen molar-refractivity contribution in [3.8, 4) is 0 Å². The van der Waals surface area contributed by atoms with Crippen LogP contribution in [-0.4, -0.2) is 32.7 Å². The number of hydrogen-bond donors (Lipinski definition) is 0.